The first-order valence-electron chi connectivity index (χ1n) is 7.08. The van der Waals surface area contributed by atoms with E-state index in [9.17, 15) is 0 Å². The van der Waals surface area contributed by atoms with Crippen molar-refractivity contribution in [1.29, 1.82) is 0 Å². The van der Waals surface area contributed by atoms with Gasteiger partial charge in [-0.1, -0.05) is 53.2 Å². The van der Waals surface area contributed by atoms with Crippen molar-refractivity contribution < 1.29 is 4.74 Å². The molecule has 0 spiro atoms. The fourth-order valence-corrected chi connectivity index (χ4v) is 3.88. The average molecular weight is 361 g/mol. The predicted molar refractivity (Wildman–Crippen MR) is 94.6 cm³/mol. The van der Waals surface area contributed by atoms with Gasteiger partial charge in [-0.25, -0.2) is 0 Å². The van der Waals surface area contributed by atoms with Crippen LogP contribution in [0.2, 0.25) is 0 Å². The van der Waals surface area contributed by atoms with Crippen molar-refractivity contribution >= 4 is 38.0 Å². The molecule has 3 aromatic rings. The quantitative estimate of drug-likeness (QED) is 0.511. The average Bonchev–Trinajstić information content (AvgIpc) is 3.00. The van der Waals surface area contributed by atoms with Crippen LogP contribution in [-0.4, -0.2) is 0 Å². The molecule has 0 saturated carbocycles. The summed E-state index contributed by atoms with van der Waals surface area (Å²) in [6.45, 7) is 2.83. The zero-order valence-corrected chi connectivity index (χ0v) is 14.3. The van der Waals surface area contributed by atoms with Gasteiger partial charge < -0.3 is 4.74 Å². The van der Waals surface area contributed by atoms with E-state index in [-0.39, 0.29) is 0 Å². The van der Waals surface area contributed by atoms with E-state index in [1.54, 1.807) is 0 Å². The maximum atomic E-state index is 6.06. The van der Waals surface area contributed by atoms with Crippen LogP contribution in [0.15, 0.2) is 48.5 Å². The number of aryl methyl sites for hydroxylation is 1. The lowest BCUT2D eigenvalue weighted by Crippen LogP contribution is -1.96. The van der Waals surface area contributed by atoms with Crippen LogP contribution >= 0.6 is 27.3 Å². The van der Waals surface area contributed by atoms with Crippen LogP contribution in [0.4, 0.5) is 0 Å². The third-order valence-corrected chi connectivity index (χ3v) is 5.33. The van der Waals surface area contributed by atoms with Crippen LogP contribution in [0.1, 0.15) is 22.2 Å². The molecule has 1 aromatic heterocycles. The summed E-state index contributed by atoms with van der Waals surface area (Å²) in [5.74, 6) is 0.969. The van der Waals surface area contributed by atoms with E-state index in [2.05, 4.69) is 71.4 Å². The second kappa shape index (κ2) is 6.63. The number of alkyl halides is 1. The van der Waals surface area contributed by atoms with Crippen molar-refractivity contribution in [2.75, 3.05) is 0 Å². The van der Waals surface area contributed by atoms with Crippen LogP contribution in [0.25, 0.3) is 10.8 Å². The van der Waals surface area contributed by atoms with Crippen molar-refractivity contribution in [2.24, 2.45) is 0 Å². The molecule has 21 heavy (non-hydrogen) atoms. The normalized spacial score (nSPS) is 11.0. The number of halogens is 1. The predicted octanol–water partition coefficient (Wildman–Crippen LogP) is 5.94. The standard InChI is InChI=1S/C18H17BrOS/c1-2-14-8-9-15(21-14)12-20-18-10-7-13-5-3-4-6-16(13)17(18)11-19/h3-10H,2,11-12H2,1H3. The fraction of sp³-hybridized carbons (Fsp3) is 0.222. The summed E-state index contributed by atoms with van der Waals surface area (Å²) >= 11 is 5.43. The summed E-state index contributed by atoms with van der Waals surface area (Å²) in [7, 11) is 0. The zero-order valence-electron chi connectivity index (χ0n) is 11.9. The molecule has 0 aliphatic carbocycles. The summed E-state index contributed by atoms with van der Waals surface area (Å²) in [5, 5.41) is 3.31. The van der Waals surface area contributed by atoms with Crippen LogP contribution in [0, 0.1) is 0 Å². The summed E-state index contributed by atoms with van der Waals surface area (Å²) in [4.78, 5) is 2.69. The molecule has 0 aliphatic heterocycles. The molecule has 0 unspecified atom stereocenters. The molecule has 0 saturated heterocycles. The molecule has 3 heteroatoms. The highest BCUT2D eigenvalue weighted by Gasteiger charge is 2.08. The van der Waals surface area contributed by atoms with Crippen LogP contribution in [0.3, 0.4) is 0 Å². The second-order valence-corrected chi connectivity index (χ2v) is 6.72. The molecule has 0 radical (unpaired) electrons. The molecule has 0 N–H and O–H groups in total. The van der Waals surface area contributed by atoms with Crippen molar-refractivity contribution in [1.82, 2.24) is 0 Å². The molecule has 1 heterocycles. The van der Waals surface area contributed by atoms with Gasteiger partial charge in [0, 0.05) is 20.6 Å². The van der Waals surface area contributed by atoms with E-state index >= 15 is 0 Å². The van der Waals surface area contributed by atoms with Gasteiger partial charge in [0.2, 0.25) is 0 Å². The van der Waals surface area contributed by atoms with E-state index in [1.807, 2.05) is 11.3 Å². The lowest BCUT2D eigenvalue weighted by Gasteiger charge is -2.12. The summed E-state index contributed by atoms with van der Waals surface area (Å²) < 4.78 is 6.06. The molecule has 2 aromatic carbocycles. The number of benzene rings is 2. The van der Waals surface area contributed by atoms with Gasteiger partial charge in [0.1, 0.15) is 12.4 Å². The van der Waals surface area contributed by atoms with Crippen molar-refractivity contribution in [2.45, 2.75) is 25.3 Å². The second-order valence-electron chi connectivity index (χ2n) is 4.91. The maximum absolute atomic E-state index is 6.06. The van der Waals surface area contributed by atoms with E-state index in [1.165, 1.54) is 26.1 Å². The highest BCUT2D eigenvalue weighted by molar-refractivity contribution is 9.08. The SMILES string of the molecule is CCc1ccc(COc2ccc3ccccc3c2CBr)s1. The van der Waals surface area contributed by atoms with Gasteiger partial charge in [0.15, 0.2) is 0 Å². The maximum Gasteiger partial charge on any atom is 0.124 e. The molecule has 0 atom stereocenters. The van der Waals surface area contributed by atoms with Crippen molar-refractivity contribution in [3.8, 4) is 5.75 Å². The number of hydrogen-bond acceptors (Lipinski definition) is 2. The van der Waals surface area contributed by atoms with Gasteiger partial charge in [0.05, 0.1) is 0 Å². The minimum atomic E-state index is 0.642. The molecule has 0 amide bonds. The van der Waals surface area contributed by atoms with Gasteiger partial charge in [0.25, 0.3) is 0 Å². The van der Waals surface area contributed by atoms with Crippen LogP contribution in [-0.2, 0) is 18.4 Å². The van der Waals surface area contributed by atoms with Crippen molar-refractivity contribution in [3.05, 3.63) is 63.8 Å². The monoisotopic (exact) mass is 360 g/mol. The Labute approximate surface area is 137 Å². The van der Waals surface area contributed by atoms with Gasteiger partial charge in [-0.3, -0.25) is 0 Å². The Balaban J connectivity index is 1.86. The number of hydrogen-bond donors (Lipinski definition) is 0. The molecule has 0 bridgehead atoms. The van der Waals surface area contributed by atoms with E-state index in [4.69, 9.17) is 4.74 Å². The number of ether oxygens (including phenoxy) is 1. The molecular weight excluding hydrogens is 344 g/mol. The summed E-state index contributed by atoms with van der Waals surface area (Å²) in [5.41, 5.74) is 1.22. The molecule has 3 rings (SSSR count). The largest absolute Gasteiger partial charge is 0.488 e. The Morgan fingerprint density at radius 2 is 1.81 bits per heavy atom. The minimum absolute atomic E-state index is 0.642. The Morgan fingerprint density at radius 1 is 1.00 bits per heavy atom. The number of rotatable bonds is 5. The van der Waals surface area contributed by atoms with Crippen molar-refractivity contribution in [3.63, 3.8) is 0 Å². The first-order valence-corrected chi connectivity index (χ1v) is 9.02. The van der Waals surface area contributed by atoms with E-state index < -0.39 is 0 Å². The fourth-order valence-electron chi connectivity index (χ4n) is 2.43. The lowest BCUT2D eigenvalue weighted by atomic mass is 10.0. The topological polar surface area (TPSA) is 9.23 Å². The highest BCUT2D eigenvalue weighted by atomic mass is 79.9. The van der Waals surface area contributed by atoms with Crippen LogP contribution < -0.4 is 4.74 Å². The third kappa shape index (κ3) is 3.14. The highest BCUT2D eigenvalue weighted by Crippen LogP contribution is 2.31. The zero-order chi connectivity index (χ0) is 14.7. The molecule has 108 valence electrons. The van der Waals surface area contributed by atoms with Crippen LogP contribution in [0.5, 0.6) is 5.75 Å². The number of thiophene rings is 1. The van der Waals surface area contributed by atoms with E-state index in [0.29, 0.717) is 6.61 Å². The van der Waals surface area contributed by atoms with E-state index in [0.717, 1.165) is 17.5 Å². The molecule has 0 aliphatic rings. The Kier molecular flexibility index (Phi) is 4.61. The Morgan fingerprint density at radius 3 is 2.57 bits per heavy atom. The first kappa shape index (κ1) is 14.6. The smallest absolute Gasteiger partial charge is 0.124 e. The molecule has 0 fully saturated rings. The third-order valence-electron chi connectivity index (χ3n) is 3.57. The molecule has 1 nitrogen and oxygen atoms in total. The minimum Gasteiger partial charge on any atom is -0.488 e. The first-order chi connectivity index (χ1) is 10.3. The van der Waals surface area contributed by atoms with Gasteiger partial charge in [-0.05, 0) is 35.4 Å². The summed E-state index contributed by atoms with van der Waals surface area (Å²) in [6, 6.07) is 17.0. The Bertz CT molecular complexity index is 748. The summed E-state index contributed by atoms with van der Waals surface area (Å²) in [6.07, 6.45) is 1.09. The van der Waals surface area contributed by atoms with Gasteiger partial charge in [-0.15, -0.1) is 11.3 Å². The van der Waals surface area contributed by atoms with Gasteiger partial charge >= 0.3 is 0 Å². The Hall–Kier alpha value is -1.32. The number of fused-ring (bicyclic) bond motifs is 1. The van der Waals surface area contributed by atoms with Gasteiger partial charge in [-0.2, -0.15) is 0 Å². The lowest BCUT2D eigenvalue weighted by molar-refractivity contribution is 0.308. The molecular formula is C18H17BrOS.